The topological polar surface area (TPSA) is 206 Å². The number of pyridine rings is 4. The molecule has 22 heteroatoms. The van der Waals surface area contributed by atoms with Crippen molar-refractivity contribution in [2.75, 3.05) is 24.9 Å². The number of halogens is 5. The molecule has 6 aromatic rings. The second-order valence-corrected chi connectivity index (χ2v) is 17.2. The van der Waals surface area contributed by atoms with E-state index in [4.69, 9.17) is 31.1 Å². The molecule has 0 saturated heterocycles. The molecule has 2 aliphatic heterocycles. The SMILES string of the molecule is COc1ncccc1-c1nc(NC(=O)C2(c3ccc4c(c3)OC(F)(F)O4)CC2)cc(C)c1C.COc1ncccc1B(O)O.Cc1cc(NC(=O)C2(c3ccc4c(c3)OC(F)(F)O4)CC2)nc(Cl)c1C. The first-order chi connectivity index (χ1) is 33.2. The predicted octanol–water partition coefficient (Wildman–Crippen LogP) is 7.87. The summed E-state index contributed by atoms with van der Waals surface area (Å²) in [5.41, 5.74) is 4.87. The zero-order valence-corrected chi connectivity index (χ0v) is 39.1. The normalized spacial score (nSPS) is 16.3. The summed E-state index contributed by atoms with van der Waals surface area (Å²) >= 11 is 6.08. The van der Waals surface area contributed by atoms with Gasteiger partial charge in [0.1, 0.15) is 16.8 Å². The van der Waals surface area contributed by atoms with Crippen LogP contribution in [0.25, 0.3) is 11.3 Å². The van der Waals surface area contributed by atoms with Gasteiger partial charge in [-0.05, 0) is 141 Å². The molecule has 4 aliphatic rings. The molecular formula is C48H44BClF4N6O10. The van der Waals surface area contributed by atoms with Crippen molar-refractivity contribution in [3.05, 3.63) is 124 Å². The van der Waals surface area contributed by atoms with Gasteiger partial charge in [-0.2, -0.15) is 0 Å². The summed E-state index contributed by atoms with van der Waals surface area (Å²) in [6, 6.07) is 19.3. The van der Waals surface area contributed by atoms with Crippen LogP contribution in [0.1, 0.15) is 59.1 Å². The van der Waals surface area contributed by atoms with Crippen LogP contribution in [0.5, 0.6) is 34.8 Å². The number of methoxy groups -OCH3 is 2. The van der Waals surface area contributed by atoms with Gasteiger partial charge in [-0.15, -0.1) is 17.6 Å². The van der Waals surface area contributed by atoms with Crippen LogP contribution >= 0.6 is 11.6 Å². The zero-order chi connectivity index (χ0) is 50.3. The van der Waals surface area contributed by atoms with Crippen LogP contribution in [-0.2, 0) is 20.4 Å². The van der Waals surface area contributed by atoms with Gasteiger partial charge in [0.2, 0.25) is 23.6 Å². The maximum absolute atomic E-state index is 13.4. The molecule has 0 atom stereocenters. The molecule has 0 radical (unpaired) electrons. The van der Waals surface area contributed by atoms with E-state index in [1.807, 2.05) is 33.8 Å². The molecule has 4 aromatic heterocycles. The highest BCUT2D eigenvalue weighted by molar-refractivity contribution is 6.59. The van der Waals surface area contributed by atoms with Crippen molar-refractivity contribution >= 4 is 47.6 Å². The molecule has 0 spiro atoms. The fourth-order valence-electron chi connectivity index (χ4n) is 7.84. The Balaban J connectivity index is 0.000000158. The molecule has 0 bridgehead atoms. The number of benzene rings is 2. The maximum Gasteiger partial charge on any atom is 0.586 e. The van der Waals surface area contributed by atoms with Crippen LogP contribution < -0.4 is 44.5 Å². The van der Waals surface area contributed by atoms with E-state index < -0.39 is 30.5 Å². The summed E-state index contributed by atoms with van der Waals surface area (Å²) < 4.78 is 81.2. The van der Waals surface area contributed by atoms with E-state index in [0.717, 1.165) is 27.8 Å². The van der Waals surface area contributed by atoms with Gasteiger partial charge in [0, 0.05) is 17.9 Å². The van der Waals surface area contributed by atoms with E-state index in [1.54, 1.807) is 42.6 Å². The molecule has 2 saturated carbocycles. The smallest absolute Gasteiger partial charge is 0.481 e. The molecule has 10 rings (SSSR count). The number of nitrogens with one attached hydrogen (secondary N) is 2. The highest BCUT2D eigenvalue weighted by atomic mass is 35.5. The Morgan fingerprint density at radius 3 is 1.56 bits per heavy atom. The van der Waals surface area contributed by atoms with Crippen LogP contribution in [0.3, 0.4) is 0 Å². The van der Waals surface area contributed by atoms with Crippen molar-refractivity contribution in [2.24, 2.45) is 0 Å². The number of ether oxygens (including phenoxy) is 6. The van der Waals surface area contributed by atoms with Crippen molar-refractivity contribution in [1.29, 1.82) is 0 Å². The van der Waals surface area contributed by atoms with Gasteiger partial charge in [0.25, 0.3) is 0 Å². The van der Waals surface area contributed by atoms with Crippen LogP contribution in [0, 0.1) is 27.7 Å². The predicted molar refractivity (Wildman–Crippen MR) is 247 cm³/mol. The number of carbonyl (C=O) groups excluding carboxylic acids is 2. The summed E-state index contributed by atoms with van der Waals surface area (Å²) in [6.07, 6.45) is -1.85. The third kappa shape index (κ3) is 10.1. The number of fused-ring (bicyclic) bond motifs is 2. The van der Waals surface area contributed by atoms with Gasteiger partial charge >= 0.3 is 19.7 Å². The maximum atomic E-state index is 13.4. The number of amides is 2. The summed E-state index contributed by atoms with van der Waals surface area (Å²) in [5.74, 6) is 0.676. The molecule has 364 valence electrons. The molecule has 2 aliphatic carbocycles. The molecule has 70 heavy (non-hydrogen) atoms. The van der Waals surface area contributed by atoms with Gasteiger partial charge in [-0.1, -0.05) is 29.8 Å². The Kier molecular flexibility index (Phi) is 13.3. The number of nitrogens with zero attached hydrogens (tertiary/aromatic N) is 4. The van der Waals surface area contributed by atoms with Gasteiger partial charge in [0.05, 0.1) is 36.3 Å². The average Bonchev–Trinajstić information content (AvgIpc) is 4.25. The molecule has 2 amide bonds. The van der Waals surface area contributed by atoms with Gasteiger partial charge < -0.3 is 49.1 Å². The van der Waals surface area contributed by atoms with Crippen LogP contribution in [0.2, 0.25) is 5.15 Å². The third-order valence-electron chi connectivity index (χ3n) is 12.3. The molecule has 2 fully saturated rings. The first-order valence-corrected chi connectivity index (χ1v) is 22.0. The lowest BCUT2D eigenvalue weighted by Crippen LogP contribution is -2.31. The molecule has 4 N–H and O–H groups in total. The number of alkyl halides is 4. The third-order valence-corrected chi connectivity index (χ3v) is 12.6. The molecule has 0 unspecified atom stereocenters. The quantitative estimate of drug-likeness (QED) is 0.0586. The Bertz CT molecular complexity index is 2990. The van der Waals surface area contributed by atoms with E-state index in [-0.39, 0.29) is 46.2 Å². The second-order valence-electron chi connectivity index (χ2n) is 16.8. The van der Waals surface area contributed by atoms with E-state index in [9.17, 15) is 27.2 Å². The van der Waals surface area contributed by atoms with Gasteiger partial charge in [-0.25, -0.2) is 19.9 Å². The minimum atomic E-state index is -3.70. The highest BCUT2D eigenvalue weighted by Gasteiger charge is 2.54. The minimum absolute atomic E-state index is 0.0439. The van der Waals surface area contributed by atoms with E-state index in [1.165, 1.54) is 50.7 Å². The van der Waals surface area contributed by atoms with Crippen LogP contribution in [0.15, 0.2) is 85.2 Å². The van der Waals surface area contributed by atoms with Crippen LogP contribution in [0.4, 0.5) is 29.2 Å². The minimum Gasteiger partial charge on any atom is -0.481 e. The zero-order valence-electron chi connectivity index (χ0n) is 38.3. The lowest BCUT2D eigenvalue weighted by molar-refractivity contribution is -0.287. The lowest BCUT2D eigenvalue weighted by Gasteiger charge is -2.18. The Hall–Kier alpha value is -7.23. The fourth-order valence-corrected chi connectivity index (χ4v) is 8.08. The summed E-state index contributed by atoms with van der Waals surface area (Å²) in [4.78, 5) is 43.0. The highest BCUT2D eigenvalue weighted by Crippen LogP contribution is 2.54. The Morgan fingerprint density at radius 2 is 1.10 bits per heavy atom. The number of hydrogen-bond acceptors (Lipinski definition) is 14. The largest absolute Gasteiger partial charge is 0.586 e. The van der Waals surface area contributed by atoms with E-state index in [2.05, 4.69) is 49.5 Å². The Labute approximate surface area is 403 Å². The number of rotatable bonds is 10. The van der Waals surface area contributed by atoms with Crippen molar-refractivity contribution in [3.8, 4) is 46.0 Å². The van der Waals surface area contributed by atoms with Crippen LogP contribution in [-0.4, -0.2) is 75.7 Å². The molecular weight excluding hydrogens is 943 g/mol. The number of aryl methyl sites for hydroxylation is 2. The van der Waals surface area contributed by atoms with Crippen molar-refractivity contribution < 1.29 is 65.6 Å². The summed E-state index contributed by atoms with van der Waals surface area (Å²) in [6.45, 7) is 7.61. The fraction of sp³-hybridized carbons (Fsp3) is 0.292. The average molecular weight is 987 g/mol. The molecule has 16 nitrogen and oxygen atoms in total. The van der Waals surface area contributed by atoms with Crippen molar-refractivity contribution in [2.45, 2.75) is 76.8 Å². The number of anilines is 2. The number of carbonyl (C=O) groups is 2. The number of hydrogen-bond donors (Lipinski definition) is 4. The van der Waals surface area contributed by atoms with Gasteiger partial charge in [-0.3, -0.25) is 9.59 Å². The second kappa shape index (κ2) is 18.9. The Morgan fingerprint density at radius 1 is 0.643 bits per heavy atom. The summed E-state index contributed by atoms with van der Waals surface area (Å²) in [5, 5.41) is 23.6. The monoisotopic (exact) mass is 986 g/mol. The first-order valence-electron chi connectivity index (χ1n) is 21.6. The van der Waals surface area contributed by atoms with Crippen molar-refractivity contribution in [1.82, 2.24) is 19.9 Å². The standard InChI is InChI=1S/C24H21F2N3O4.C18H15ClF2N2O3.C6H8BNO3/c1-13-11-19(28-20(14(13)2)16-5-4-10-27-21(16)31-3)29-22(30)23(8-9-23)15-6-7-17-18(12-15)33-24(25,26)32-17;1-9-7-14(22-15(19)10(9)2)23-16(24)17(5-6-17)11-3-4-12-13(8-11)26-18(20,21)25-12;1-11-6-5(7(9)10)3-2-4-8-6/h4-7,10-12H,8-9H2,1-3H3,(H,28,29,30);3-4,7-8H,5-6H2,1-2H3,(H,22,23,24);2-4,9-10H,1H3. The molecule has 6 heterocycles. The van der Waals surface area contributed by atoms with E-state index in [0.29, 0.717) is 65.2 Å². The molecule has 2 aromatic carbocycles. The first kappa shape index (κ1) is 49.2. The van der Waals surface area contributed by atoms with E-state index >= 15 is 0 Å². The van der Waals surface area contributed by atoms with Crippen molar-refractivity contribution in [3.63, 3.8) is 0 Å². The summed E-state index contributed by atoms with van der Waals surface area (Å²) in [7, 11) is 1.44. The van der Waals surface area contributed by atoms with Gasteiger partial charge in [0.15, 0.2) is 23.0 Å². The lowest BCUT2D eigenvalue weighted by atomic mass is 9.81. The number of aromatic nitrogens is 4.